The van der Waals surface area contributed by atoms with Gasteiger partial charge in [0.2, 0.25) is 10.0 Å². The van der Waals surface area contributed by atoms with E-state index in [9.17, 15) is 21.6 Å². The smallest absolute Gasteiger partial charge is 0.387 e. The second kappa shape index (κ2) is 8.79. The van der Waals surface area contributed by atoms with E-state index < -0.39 is 28.5 Å². The van der Waals surface area contributed by atoms with Gasteiger partial charge in [0.05, 0.1) is 4.91 Å². The quantitative estimate of drug-likeness (QED) is 0.571. The summed E-state index contributed by atoms with van der Waals surface area (Å²) < 4.78 is 74.0. The fourth-order valence-electron chi connectivity index (χ4n) is 3.67. The monoisotopic (exact) mass is 463 g/mol. The molecule has 168 valence electrons. The van der Waals surface area contributed by atoms with Gasteiger partial charge in [0, 0.05) is 19.4 Å². The number of hydrogen-bond donors (Lipinski definition) is 1. The Morgan fingerprint density at radius 2 is 1.97 bits per heavy atom. The molecular formula is C22H20F3N3O3S. The minimum atomic E-state index is -3.97. The van der Waals surface area contributed by atoms with Crippen LogP contribution in [0.3, 0.4) is 0 Å². The number of nitrogens with one attached hydrogen (secondary N) is 1. The highest BCUT2D eigenvalue weighted by Gasteiger charge is 2.29. The number of fused-ring (bicyclic) bond motifs is 1. The molecule has 0 fully saturated rings. The van der Waals surface area contributed by atoms with E-state index in [1.54, 1.807) is 29.9 Å². The zero-order valence-electron chi connectivity index (χ0n) is 17.0. The number of allylic oxidation sites excluding steroid dienone is 1. The largest absolute Gasteiger partial charge is 0.435 e. The fourth-order valence-corrected chi connectivity index (χ4v) is 5.03. The van der Waals surface area contributed by atoms with E-state index in [1.807, 2.05) is 0 Å². The summed E-state index contributed by atoms with van der Waals surface area (Å²) in [4.78, 5) is 4.38. The Bertz CT molecular complexity index is 1270. The van der Waals surface area contributed by atoms with Gasteiger partial charge in [0.15, 0.2) is 0 Å². The van der Waals surface area contributed by atoms with Gasteiger partial charge >= 0.3 is 6.61 Å². The van der Waals surface area contributed by atoms with Crippen LogP contribution >= 0.6 is 0 Å². The number of benzene rings is 2. The highest BCUT2D eigenvalue weighted by molar-refractivity contribution is 7.93. The predicted molar refractivity (Wildman–Crippen MR) is 113 cm³/mol. The number of imidazole rings is 1. The maximum Gasteiger partial charge on any atom is 0.387 e. The lowest BCUT2D eigenvalue weighted by Crippen LogP contribution is -2.32. The average Bonchev–Trinajstić information content (AvgIpc) is 3.17. The van der Waals surface area contributed by atoms with E-state index in [2.05, 4.69) is 14.4 Å². The van der Waals surface area contributed by atoms with Gasteiger partial charge < -0.3 is 9.30 Å². The van der Waals surface area contributed by atoms with Crippen LogP contribution in [-0.2, 0) is 23.5 Å². The van der Waals surface area contributed by atoms with Crippen molar-refractivity contribution >= 4 is 16.1 Å². The minimum absolute atomic E-state index is 0.0255. The number of ether oxygens (including phenoxy) is 1. The molecule has 0 spiro atoms. The van der Waals surface area contributed by atoms with Gasteiger partial charge in [-0.3, -0.25) is 0 Å². The molecular weight excluding hydrogens is 443 g/mol. The molecule has 0 radical (unpaired) electrons. The van der Waals surface area contributed by atoms with Gasteiger partial charge in [0.25, 0.3) is 0 Å². The molecule has 1 unspecified atom stereocenters. The minimum Gasteiger partial charge on any atom is -0.435 e. The molecule has 1 aromatic heterocycles. The molecule has 4 rings (SSSR count). The maximum absolute atomic E-state index is 13.9. The summed E-state index contributed by atoms with van der Waals surface area (Å²) in [6, 6.07) is 9.16. The third kappa shape index (κ3) is 4.71. The van der Waals surface area contributed by atoms with Crippen LogP contribution in [0.1, 0.15) is 35.0 Å². The molecule has 3 aromatic rings. The molecule has 1 atom stereocenters. The molecule has 0 amide bonds. The second-order valence-corrected chi connectivity index (χ2v) is 9.12. The third-order valence-corrected chi connectivity index (χ3v) is 6.77. The van der Waals surface area contributed by atoms with E-state index >= 15 is 0 Å². The summed E-state index contributed by atoms with van der Waals surface area (Å²) in [5, 5.41) is 0. The van der Waals surface area contributed by atoms with Crippen LogP contribution in [0.2, 0.25) is 0 Å². The molecule has 0 saturated heterocycles. The predicted octanol–water partition coefficient (Wildman–Crippen LogP) is 4.16. The van der Waals surface area contributed by atoms with E-state index in [0.29, 0.717) is 28.9 Å². The molecule has 1 heterocycles. The van der Waals surface area contributed by atoms with Crippen molar-refractivity contribution in [3.63, 3.8) is 0 Å². The zero-order chi connectivity index (χ0) is 22.9. The lowest BCUT2D eigenvalue weighted by atomic mass is 9.97. The first-order chi connectivity index (χ1) is 15.2. The first kappa shape index (κ1) is 22.1. The highest BCUT2D eigenvalue weighted by atomic mass is 32.2. The number of nitrogens with zero attached hydrogens (tertiary/aromatic N) is 2. The molecule has 0 bridgehead atoms. The van der Waals surface area contributed by atoms with Crippen LogP contribution < -0.4 is 9.46 Å². The third-order valence-electron chi connectivity index (χ3n) is 5.21. The molecule has 1 aliphatic carbocycles. The van der Waals surface area contributed by atoms with Crippen molar-refractivity contribution in [2.24, 2.45) is 7.05 Å². The average molecular weight is 463 g/mol. The van der Waals surface area contributed by atoms with E-state index in [0.717, 1.165) is 0 Å². The Morgan fingerprint density at radius 3 is 2.66 bits per heavy atom. The number of sulfonamides is 1. The van der Waals surface area contributed by atoms with Gasteiger partial charge in [0.1, 0.15) is 23.4 Å². The van der Waals surface area contributed by atoms with Crippen molar-refractivity contribution in [3.05, 3.63) is 88.1 Å². The Kier molecular flexibility index (Phi) is 6.07. The van der Waals surface area contributed by atoms with Crippen LogP contribution in [0.25, 0.3) is 6.08 Å². The number of alkyl halides is 2. The number of aryl methyl sites for hydroxylation is 2. The maximum atomic E-state index is 13.9. The molecule has 2 aromatic carbocycles. The van der Waals surface area contributed by atoms with Gasteiger partial charge in [-0.1, -0.05) is 18.2 Å². The van der Waals surface area contributed by atoms with E-state index in [4.69, 9.17) is 0 Å². The van der Waals surface area contributed by atoms with Crippen LogP contribution in [0.4, 0.5) is 13.2 Å². The summed E-state index contributed by atoms with van der Waals surface area (Å²) in [5.74, 6) is -0.0594. The highest BCUT2D eigenvalue weighted by Crippen LogP contribution is 2.31. The van der Waals surface area contributed by atoms with Gasteiger partial charge in [-0.15, -0.1) is 0 Å². The Morgan fingerprint density at radius 1 is 1.16 bits per heavy atom. The van der Waals surface area contributed by atoms with Crippen molar-refractivity contribution in [1.82, 2.24) is 14.3 Å². The van der Waals surface area contributed by atoms with Crippen LogP contribution in [0.15, 0.2) is 59.8 Å². The molecule has 32 heavy (non-hydrogen) atoms. The van der Waals surface area contributed by atoms with E-state index in [1.165, 1.54) is 42.6 Å². The van der Waals surface area contributed by atoms with Crippen molar-refractivity contribution in [2.45, 2.75) is 25.5 Å². The fraction of sp³-hybridized carbons (Fsp3) is 0.227. The van der Waals surface area contributed by atoms with Crippen molar-refractivity contribution < 1.29 is 26.3 Å². The van der Waals surface area contributed by atoms with Crippen LogP contribution in [-0.4, -0.2) is 24.6 Å². The topological polar surface area (TPSA) is 73.2 Å². The normalized spacial score (nSPS) is 14.7. The SMILES string of the molecule is Cn1ccnc1C(NS(=O)(=O)C1=Cc2ccc(OC(F)F)cc2CC1)c1cccc(F)c1. The second-order valence-electron chi connectivity index (χ2n) is 7.36. The summed E-state index contributed by atoms with van der Waals surface area (Å²) in [6.45, 7) is -2.93. The van der Waals surface area contributed by atoms with Crippen molar-refractivity contribution in [1.29, 1.82) is 0 Å². The summed E-state index contributed by atoms with van der Waals surface area (Å²) >= 11 is 0. The molecule has 1 N–H and O–H groups in total. The molecule has 1 aliphatic rings. The van der Waals surface area contributed by atoms with Gasteiger partial charge in [-0.2, -0.15) is 13.5 Å². The Hall–Kier alpha value is -3.11. The Labute approximate surface area is 183 Å². The summed E-state index contributed by atoms with van der Waals surface area (Å²) in [7, 11) is -2.25. The Balaban J connectivity index is 1.66. The number of halogens is 3. The molecule has 0 saturated carbocycles. The lowest BCUT2D eigenvalue weighted by Gasteiger charge is -2.22. The molecule has 10 heteroatoms. The number of hydrogen-bond acceptors (Lipinski definition) is 4. The lowest BCUT2D eigenvalue weighted by molar-refractivity contribution is -0.0498. The number of rotatable bonds is 7. The van der Waals surface area contributed by atoms with Gasteiger partial charge in [-0.05, 0) is 59.9 Å². The van der Waals surface area contributed by atoms with Crippen molar-refractivity contribution in [3.8, 4) is 5.75 Å². The van der Waals surface area contributed by atoms with E-state index in [-0.39, 0.29) is 17.1 Å². The summed E-state index contributed by atoms with van der Waals surface area (Å²) in [6.07, 6.45) is 5.23. The standard InChI is InChI=1S/C22H20F3N3O3S/c1-28-10-9-26-21(28)20(16-3-2-4-17(23)11-16)27-32(29,30)19-8-6-14-12-18(31-22(24)25)7-5-15(14)13-19/h2-5,7,9-13,20,22,27H,6,8H2,1H3. The first-order valence-corrected chi connectivity index (χ1v) is 11.2. The first-order valence-electron chi connectivity index (χ1n) is 9.76. The van der Waals surface area contributed by atoms with Crippen molar-refractivity contribution in [2.75, 3.05) is 0 Å². The molecule has 0 aliphatic heterocycles. The molecule has 6 nitrogen and oxygen atoms in total. The summed E-state index contributed by atoms with van der Waals surface area (Å²) in [5.41, 5.74) is 1.74. The zero-order valence-corrected chi connectivity index (χ0v) is 17.8. The van der Waals surface area contributed by atoms with Gasteiger partial charge in [-0.25, -0.2) is 17.8 Å². The van der Waals surface area contributed by atoms with Crippen LogP contribution in [0, 0.1) is 5.82 Å². The number of aromatic nitrogens is 2. The van der Waals surface area contributed by atoms with Crippen LogP contribution in [0.5, 0.6) is 5.75 Å².